The van der Waals surface area contributed by atoms with Crippen molar-refractivity contribution in [2.75, 3.05) is 19.8 Å². The third kappa shape index (κ3) is 4.44. The molecule has 0 heterocycles. The molecule has 0 atom stereocenters. The van der Waals surface area contributed by atoms with Gasteiger partial charge in [0, 0.05) is 5.41 Å². The Bertz CT molecular complexity index is 264. The maximum absolute atomic E-state index is 9.99. The Hall–Kier alpha value is -1.36. The number of hydrogen-bond acceptors (Lipinski definition) is 7. The van der Waals surface area contributed by atoms with Gasteiger partial charge in [-0.2, -0.15) is 9.98 Å². The lowest BCUT2D eigenvalue weighted by Gasteiger charge is -2.27. The zero-order valence-corrected chi connectivity index (χ0v) is 8.67. The van der Waals surface area contributed by atoms with E-state index < -0.39 is 31.4 Å². The van der Waals surface area contributed by atoms with Crippen LogP contribution in [-0.4, -0.2) is 53.5 Å². The molecule has 7 heteroatoms. The van der Waals surface area contributed by atoms with Crippen molar-refractivity contribution in [2.45, 2.75) is 19.0 Å². The summed E-state index contributed by atoms with van der Waals surface area (Å²) in [6.45, 7) is -1.24. The smallest absolute Gasteiger partial charge is 0.237 e. The second kappa shape index (κ2) is 7.87. The van der Waals surface area contributed by atoms with Crippen molar-refractivity contribution in [3.8, 4) is 0 Å². The van der Waals surface area contributed by atoms with Crippen molar-refractivity contribution < 1.29 is 24.9 Å². The van der Waals surface area contributed by atoms with Crippen LogP contribution in [0.25, 0.3) is 0 Å². The molecule has 0 radical (unpaired) electrons. The zero-order valence-electron chi connectivity index (χ0n) is 8.67. The van der Waals surface area contributed by atoms with Crippen molar-refractivity contribution in [2.24, 2.45) is 15.4 Å². The second-order valence-electron chi connectivity index (χ2n) is 3.43. The van der Waals surface area contributed by atoms with E-state index in [1.54, 1.807) is 0 Å². The lowest BCUT2D eigenvalue weighted by molar-refractivity contribution is -0.00278. The molecule has 0 aromatic rings. The van der Waals surface area contributed by atoms with Crippen LogP contribution in [0, 0.1) is 5.41 Å². The molecule has 0 fully saturated rings. The molecule has 0 aliphatic carbocycles. The van der Waals surface area contributed by atoms with Crippen molar-refractivity contribution in [3.05, 3.63) is 0 Å². The van der Waals surface area contributed by atoms with Crippen LogP contribution in [0.5, 0.6) is 0 Å². The van der Waals surface area contributed by atoms with Crippen molar-refractivity contribution in [1.29, 1.82) is 0 Å². The Labute approximate surface area is 92.2 Å². The Morgan fingerprint density at radius 1 is 1.00 bits per heavy atom. The average molecular weight is 230 g/mol. The largest absolute Gasteiger partial charge is 0.396 e. The monoisotopic (exact) mass is 230 g/mol. The van der Waals surface area contributed by atoms with Crippen LogP contribution in [0.2, 0.25) is 0 Å². The normalized spacial score (nSPS) is 12.4. The predicted molar refractivity (Wildman–Crippen MR) is 53.0 cm³/mol. The van der Waals surface area contributed by atoms with Gasteiger partial charge in [-0.05, 0) is 12.8 Å². The number of rotatable bonds is 8. The van der Waals surface area contributed by atoms with Gasteiger partial charge in [0.25, 0.3) is 0 Å². The van der Waals surface area contributed by atoms with Crippen molar-refractivity contribution >= 4 is 12.2 Å². The summed E-state index contributed by atoms with van der Waals surface area (Å²) in [5.41, 5.74) is -1.06. The van der Waals surface area contributed by atoms with Gasteiger partial charge in [-0.3, -0.25) is 0 Å². The third-order valence-electron chi connectivity index (χ3n) is 2.34. The molecule has 16 heavy (non-hydrogen) atoms. The van der Waals surface area contributed by atoms with Gasteiger partial charge in [-0.15, -0.1) is 0 Å². The molecular formula is C9H14N2O5. The molecule has 0 unspecified atom stereocenters. The van der Waals surface area contributed by atoms with Gasteiger partial charge in [-0.25, -0.2) is 9.59 Å². The van der Waals surface area contributed by atoms with E-state index in [1.807, 2.05) is 0 Å². The fourth-order valence-electron chi connectivity index (χ4n) is 1.10. The summed E-state index contributed by atoms with van der Waals surface area (Å²) in [6, 6.07) is 0. The van der Waals surface area contributed by atoms with Crippen LogP contribution < -0.4 is 0 Å². The van der Waals surface area contributed by atoms with E-state index in [-0.39, 0.29) is 12.8 Å². The van der Waals surface area contributed by atoms with Crippen molar-refractivity contribution in [1.82, 2.24) is 0 Å². The van der Waals surface area contributed by atoms with Crippen molar-refractivity contribution in [3.63, 3.8) is 0 Å². The molecule has 0 aromatic heterocycles. The fraction of sp³-hybridized carbons (Fsp3) is 0.778. The molecule has 0 bridgehead atoms. The zero-order chi connectivity index (χ0) is 12.4. The molecular weight excluding hydrogens is 216 g/mol. The first-order chi connectivity index (χ1) is 7.67. The summed E-state index contributed by atoms with van der Waals surface area (Å²) in [5.74, 6) is 0. The standard InChI is InChI=1S/C9H14N2O5/c12-3-9(4-13,5-14)2-1-8(10-6-15)11-7-16/h8,12-14H,1-5H2. The van der Waals surface area contributed by atoms with Crippen LogP contribution in [-0.2, 0) is 9.59 Å². The lowest BCUT2D eigenvalue weighted by Crippen LogP contribution is -2.34. The van der Waals surface area contributed by atoms with E-state index in [2.05, 4.69) is 9.98 Å². The average Bonchev–Trinajstić information content (AvgIpc) is 2.32. The Morgan fingerprint density at radius 3 is 1.75 bits per heavy atom. The van der Waals surface area contributed by atoms with Gasteiger partial charge >= 0.3 is 0 Å². The molecule has 0 aromatic carbocycles. The van der Waals surface area contributed by atoms with E-state index in [0.717, 1.165) is 0 Å². The van der Waals surface area contributed by atoms with Gasteiger partial charge in [0.05, 0.1) is 19.8 Å². The maximum atomic E-state index is 9.99. The molecule has 0 spiro atoms. The maximum Gasteiger partial charge on any atom is 0.237 e. The van der Waals surface area contributed by atoms with E-state index >= 15 is 0 Å². The summed E-state index contributed by atoms with van der Waals surface area (Å²) in [5, 5.41) is 27.0. The summed E-state index contributed by atoms with van der Waals surface area (Å²) in [6.07, 6.45) is 1.88. The third-order valence-corrected chi connectivity index (χ3v) is 2.34. The first-order valence-electron chi connectivity index (χ1n) is 4.64. The molecule has 0 saturated carbocycles. The van der Waals surface area contributed by atoms with Gasteiger partial charge in [0.15, 0.2) is 6.17 Å². The number of aliphatic imine (C=N–C) groups is 2. The Balaban J connectivity index is 4.47. The highest BCUT2D eigenvalue weighted by Crippen LogP contribution is 2.23. The molecule has 0 aliphatic rings. The summed E-state index contributed by atoms with van der Waals surface area (Å²) in [7, 11) is 0. The lowest BCUT2D eigenvalue weighted by atomic mass is 9.85. The van der Waals surface area contributed by atoms with E-state index in [1.165, 1.54) is 12.2 Å². The molecule has 0 amide bonds. The van der Waals surface area contributed by atoms with Gasteiger partial charge < -0.3 is 15.3 Å². The minimum absolute atomic E-state index is 0.131. The molecule has 0 rings (SSSR count). The second-order valence-corrected chi connectivity index (χ2v) is 3.43. The van der Waals surface area contributed by atoms with E-state index in [9.17, 15) is 9.59 Å². The number of isocyanates is 2. The quantitative estimate of drug-likeness (QED) is 0.354. The van der Waals surface area contributed by atoms with Gasteiger partial charge in [0.1, 0.15) is 0 Å². The molecule has 0 saturated heterocycles. The number of aliphatic hydroxyl groups excluding tert-OH is 3. The van der Waals surface area contributed by atoms with Gasteiger partial charge in [0.2, 0.25) is 12.2 Å². The Morgan fingerprint density at radius 2 is 1.44 bits per heavy atom. The summed E-state index contributed by atoms with van der Waals surface area (Å²) >= 11 is 0. The van der Waals surface area contributed by atoms with E-state index in [0.29, 0.717) is 0 Å². The minimum Gasteiger partial charge on any atom is -0.396 e. The number of carbonyl (C=O) groups excluding carboxylic acids is 2. The molecule has 7 nitrogen and oxygen atoms in total. The number of nitrogens with zero attached hydrogens (tertiary/aromatic N) is 2. The van der Waals surface area contributed by atoms with E-state index in [4.69, 9.17) is 15.3 Å². The van der Waals surface area contributed by atoms with Crippen LogP contribution in [0.15, 0.2) is 9.98 Å². The Kier molecular flexibility index (Phi) is 7.20. The topological polar surface area (TPSA) is 120 Å². The first kappa shape index (κ1) is 14.6. The molecule has 90 valence electrons. The van der Waals surface area contributed by atoms with Gasteiger partial charge in [-0.1, -0.05) is 0 Å². The predicted octanol–water partition coefficient (Wildman–Crippen LogP) is -1.27. The van der Waals surface area contributed by atoms with Crippen LogP contribution in [0.1, 0.15) is 12.8 Å². The van der Waals surface area contributed by atoms with Crippen LogP contribution in [0.3, 0.4) is 0 Å². The highest BCUT2D eigenvalue weighted by molar-refractivity contribution is 5.36. The van der Waals surface area contributed by atoms with Crippen LogP contribution >= 0.6 is 0 Å². The molecule has 3 N–H and O–H groups in total. The highest BCUT2D eigenvalue weighted by atomic mass is 16.3. The fourth-order valence-corrected chi connectivity index (χ4v) is 1.10. The number of hydrogen-bond donors (Lipinski definition) is 3. The highest BCUT2D eigenvalue weighted by Gasteiger charge is 2.28. The minimum atomic E-state index is -1.06. The summed E-state index contributed by atoms with van der Waals surface area (Å²) < 4.78 is 0. The summed E-state index contributed by atoms with van der Waals surface area (Å²) in [4.78, 5) is 26.5. The first-order valence-corrected chi connectivity index (χ1v) is 4.64. The van der Waals surface area contributed by atoms with Crippen LogP contribution in [0.4, 0.5) is 0 Å². The number of aliphatic hydroxyl groups is 3. The SMILES string of the molecule is O=C=NC(CCC(CO)(CO)CO)N=C=O. The molecule has 0 aliphatic heterocycles.